The van der Waals surface area contributed by atoms with Crippen molar-refractivity contribution in [2.75, 3.05) is 17.2 Å². The lowest BCUT2D eigenvalue weighted by atomic mass is 9.99. The summed E-state index contributed by atoms with van der Waals surface area (Å²) in [4.78, 5) is 31.0. The van der Waals surface area contributed by atoms with Crippen LogP contribution < -0.4 is 4.90 Å². The number of hydrogen-bond donors (Lipinski definition) is 0. The van der Waals surface area contributed by atoms with E-state index < -0.39 is 0 Å². The van der Waals surface area contributed by atoms with Gasteiger partial charge in [0, 0.05) is 29.7 Å². The third kappa shape index (κ3) is 3.12. The molecule has 6 heteroatoms. The Morgan fingerprint density at radius 1 is 1.39 bits per heavy atom. The molecule has 4 nitrogen and oxygen atoms in total. The molecule has 0 saturated heterocycles. The number of benzene rings is 1. The number of ketones is 1. The van der Waals surface area contributed by atoms with E-state index in [1.54, 1.807) is 41.4 Å². The highest BCUT2D eigenvalue weighted by molar-refractivity contribution is 7.99. The van der Waals surface area contributed by atoms with Crippen LogP contribution in [0.5, 0.6) is 0 Å². The summed E-state index contributed by atoms with van der Waals surface area (Å²) in [6.45, 7) is 2.37. The molecule has 118 valence electrons. The Morgan fingerprint density at radius 3 is 3.00 bits per heavy atom. The molecule has 0 unspecified atom stereocenters. The van der Waals surface area contributed by atoms with E-state index in [-0.39, 0.29) is 11.7 Å². The van der Waals surface area contributed by atoms with Crippen LogP contribution in [0, 0.1) is 0 Å². The molecule has 2 heterocycles. The van der Waals surface area contributed by atoms with Crippen molar-refractivity contribution in [1.82, 2.24) is 4.98 Å². The first-order valence-corrected chi connectivity index (χ1v) is 8.70. The number of thioether (sulfide) groups is 1. The number of Topliss-reactive ketones (excluding diaryl/α,β-unsaturated/α-hetero) is 1. The van der Waals surface area contributed by atoms with E-state index in [4.69, 9.17) is 11.6 Å². The quantitative estimate of drug-likeness (QED) is 0.786. The summed E-state index contributed by atoms with van der Waals surface area (Å²) < 4.78 is 0. The molecule has 1 aliphatic rings. The van der Waals surface area contributed by atoms with Crippen LogP contribution >= 0.6 is 23.4 Å². The monoisotopic (exact) mass is 346 g/mol. The van der Waals surface area contributed by atoms with E-state index in [1.165, 1.54) is 11.8 Å². The lowest BCUT2D eigenvalue weighted by Gasteiger charge is -2.29. The molecular formula is C17H15ClN2O2S. The Kier molecular flexibility index (Phi) is 4.68. The standard InChI is InChI=1S/C17H15ClN2O2S/c1-2-23-16-13(4-3-8-19-16)17(22)20-9-7-15(21)12-6-5-11(18)10-14(12)20/h3-6,8,10H,2,7,9H2,1H3. The molecule has 23 heavy (non-hydrogen) atoms. The van der Waals surface area contributed by atoms with E-state index in [0.29, 0.717) is 39.8 Å². The van der Waals surface area contributed by atoms with Crippen molar-refractivity contribution in [2.24, 2.45) is 0 Å². The second kappa shape index (κ2) is 6.72. The minimum absolute atomic E-state index is 0.0371. The Balaban J connectivity index is 2.03. The van der Waals surface area contributed by atoms with Gasteiger partial charge in [0.15, 0.2) is 5.78 Å². The molecule has 1 aliphatic heterocycles. The molecule has 1 amide bonds. The average Bonchev–Trinajstić information content (AvgIpc) is 2.55. The highest BCUT2D eigenvalue weighted by Crippen LogP contribution is 2.32. The number of carbonyl (C=O) groups excluding carboxylic acids is 2. The number of fused-ring (bicyclic) bond motifs is 1. The van der Waals surface area contributed by atoms with Crippen LogP contribution in [0.2, 0.25) is 5.02 Å². The average molecular weight is 347 g/mol. The zero-order valence-corrected chi connectivity index (χ0v) is 14.2. The molecule has 0 N–H and O–H groups in total. The fraction of sp³-hybridized carbons (Fsp3) is 0.235. The minimum atomic E-state index is -0.148. The van der Waals surface area contributed by atoms with Crippen molar-refractivity contribution in [1.29, 1.82) is 0 Å². The maximum atomic E-state index is 13.0. The van der Waals surface area contributed by atoms with Gasteiger partial charge in [0.05, 0.1) is 11.3 Å². The fourth-order valence-electron chi connectivity index (χ4n) is 2.59. The molecule has 0 aliphatic carbocycles. The van der Waals surface area contributed by atoms with Crippen molar-refractivity contribution in [3.8, 4) is 0 Å². The molecule has 0 atom stereocenters. The number of pyridine rings is 1. The van der Waals surface area contributed by atoms with Gasteiger partial charge in [-0.2, -0.15) is 0 Å². The van der Waals surface area contributed by atoms with E-state index in [0.717, 1.165) is 5.75 Å². The first kappa shape index (κ1) is 16.0. The highest BCUT2D eigenvalue weighted by Gasteiger charge is 2.29. The van der Waals surface area contributed by atoms with Gasteiger partial charge in [-0.25, -0.2) is 4.98 Å². The van der Waals surface area contributed by atoms with Crippen molar-refractivity contribution in [2.45, 2.75) is 18.4 Å². The lowest BCUT2D eigenvalue weighted by molar-refractivity contribution is 0.0953. The summed E-state index contributed by atoms with van der Waals surface area (Å²) in [5, 5.41) is 1.21. The molecule has 3 rings (SSSR count). The van der Waals surface area contributed by atoms with Crippen LogP contribution in [0.25, 0.3) is 0 Å². The molecule has 1 aromatic heterocycles. The predicted molar refractivity (Wildman–Crippen MR) is 92.7 cm³/mol. The lowest BCUT2D eigenvalue weighted by Crippen LogP contribution is -2.37. The summed E-state index contributed by atoms with van der Waals surface area (Å²) in [5.74, 6) is 0.721. The van der Waals surface area contributed by atoms with Crippen LogP contribution in [0.4, 0.5) is 5.69 Å². The number of nitrogens with zero attached hydrogens (tertiary/aromatic N) is 2. The summed E-state index contributed by atoms with van der Waals surface area (Å²) in [6.07, 6.45) is 2.00. The number of aromatic nitrogens is 1. The summed E-state index contributed by atoms with van der Waals surface area (Å²) in [7, 11) is 0. The van der Waals surface area contributed by atoms with Gasteiger partial charge in [0.25, 0.3) is 5.91 Å². The van der Waals surface area contributed by atoms with Crippen molar-refractivity contribution in [3.05, 3.63) is 52.7 Å². The van der Waals surface area contributed by atoms with E-state index in [9.17, 15) is 9.59 Å². The second-order valence-electron chi connectivity index (χ2n) is 5.08. The highest BCUT2D eigenvalue weighted by atomic mass is 35.5. The molecule has 0 spiro atoms. The van der Waals surface area contributed by atoms with E-state index in [1.807, 2.05) is 6.92 Å². The zero-order chi connectivity index (χ0) is 16.4. The molecular weight excluding hydrogens is 332 g/mol. The van der Waals surface area contributed by atoms with Crippen molar-refractivity contribution in [3.63, 3.8) is 0 Å². The number of hydrogen-bond acceptors (Lipinski definition) is 4. The predicted octanol–water partition coefficient (Wildman–Crippen LogP) is 4.08. The van der Waals surface area contributed by atoms with E-state index >= 15 is 0 Å². The Bertz CT molecular complexity index is 779. The second-order valence-corrected chi connectivity index (χ2v) is 6.77. The van der Waals surface area contributed by atoms with Crippen molar-refractivity contribution >= 4 is 40.7 Å². The molecule has 0 radical (unpaired) electrons. The fourth-order valence-corrected chi connectivity index (χ4v) is 3.48. The normalized spacial score (nSPS) is 13.8. The van der Waals surface area contributed by atoms with Crippen LogP contribution in [-0.2, 0) is 0 Å². The largest absolute Gasteiger partial charge is 0.307 e. The maximum absolute atomic E-state index is 13.0. The number of anilines is 1. The van der Waals surface area contributed by atoms with Crippen LogP contribution in [0.3, 0.4) is 0 Å². The Hall–Kier alpha value is -1.85. The van der Waals surface area contributed by atoms with Gasteiger partial charge in [-0.05, 0) is 36.1 Å². The third-order valence-corrected chi connectivity index (χ3v) is 4.76. The third-order valence-electron chi connectivity index (χ3n) is 3.64. The van der Waals surface area contributed by atoms with Gasteiger partial charge in [-0.15, -0.1) is 11.8 Å². The smallest absolute Gasteiger partial charge is 0.261 e. The van der Waals surface area contributed by atoms with Gasteiger partial charge < -0.3 is 4.90 Å². The summed E-state index contributed by atoms with van der Waals surface area (Å²) in [6, 6.07) is 8.56. The minimum Gasteiger partial charge on any atom is -0.307 e. The topological polar surface area (TPSA) is 50.3 Å². The molecule has 1 aromatic carbocycles. The van der Waals surface area contributed by atoms with Crippen LogP contribution in [-0.4, -0.2) is 29.0 Å². The van der Waals surface area contributed by atoms with Gasteiger partial charge in [0.1, 0.15) is 5.03 Å². The maximum Gasteiger partial charge on any atom is 0.261 e. The first-order chi connectivity index (χ1) is 11.1. The van der Waals surface area contributed by atoms with Gasteiger partial charge >= 0.3 is 0 Å². The van der Waals surface area contributed by atoms with Gasteiger partial charge in [-0.3, -0.25) is 9.59 Å². The number of halogens is 1. The molecule has 0 saturated carbocycles. The SMILES string of the molecule is CCSc1ncccc1C(=O)N1CCC(=O)c2ccc(Cl)cc21. The van der Waals surface area contributed by atoms with Crippen molar-refractivity contribution < 1.29 is 9.59 Å². The molecule has 2 aromatic rings. The van der Waals surface area contributed by atoms with Crippen LogP contribution in [0.1, 0.15) is 34.1 Å². The van der Waals surface area contributed by atoms with E-state index in [2.05, 4.69) is 4.98 Å². The Morgan fingerprint density at radius 2 is 2.22 bits per heavy atom. The molecule has 0 fully saturated rings. The number of rotatable bonds is 3. The van der Waals surface area contributed by atoms with Gasteiger partial charge in [0.2, 0.25) is 0 Å². The Labute approximate surface area is 143 Å². The zero-order valence-electron chi connectivity index (χ0n) is 12.6. The summed E-state index contributed by atoms with van der Waals surface area (Å²) in [5.41, 5.74) is 1.68. The molecule has 0 bridgehead atoms. The van der Waals surface area contributed by atoms with Gasteiger partial charge in [-0.1, -0.05) is 18.5 Å². The summed E-state index contributed by atoms with van der Waals surface area (Å²) >= 11 is 7.58. The first-order valence-electron chi connectivity index (χ1n) is 7.34. The number of amides is 1. The van der Waals surface area contributed by atoms with Crippen LogP contribution in [0.15, 0.2) is 41.6 Å². The number of carbonyl (C=O) groups is 2.